The van der Waals surface area contributed by atoms with Crippen molar-refractivity contribution < 1.29 is 4.39 Å². The molecule has 2 heterocycles. The van der Waals surface area contributed by atoms with Gasteiger partial charge in [-0.25, -0.2) is 4.39 Å². The van der Waals surface area contributed by atoms with Crippen LogP contribution in [-0.4, -0.2) is 11.6 Å². The monoisotopic (exact) mass is 220 g/mol. The van der Waals surface area contributed by atoms with Gasteiger partial charge in [-0.2, -0.15) is 0 Å². The van der Waals surface area contributed by atoms with E-state index in [4.69, 9.17) is 5.73 Å². The summed E-state index contributed by atoms with van der Waals surface area (Å²) in [6.45, 7) is 2.25. The van der Waals surface area contributed by atoms with Gasteiger partial charge in [-0.1, -0.05) is 12.1 Å². The van der Waals surface area contributed by atoms with Crippen LogP contribution in [-0.2, 0) is 6.42 Å². The maximum absolute atomic E-state index is 13.7. The van der Waals surface area contributed by atoms with Crippen LogP contribution in [0.5, 0.6) is 0 Å². The van der Waals surface area contributed by atoms with Crippen molar-refractivity contribution in [3.8, 4) is 0 Å². The Morgan fingerprint density at radius 2 is 2.25 bits per heavy atom. The topological polar surface area (TPSA) is 38.0 Å². The van der Waals surface area contributed by atoms with Crippen molar-refractivity contribution in [3.63, 3.8) is 0 Å². The van der Waals surface area contributed by atoms with Gasteiger partial charge in [0.25, 0.3) is 0 Å². The minimum absolute atomic E-state index is 0.237. The number of fused-ring (bicyclic) bond motifs is 1. The standard InChI is InChI=1S/C13H17FN2/c1-13-6-9(7-13)11(16-13)5-8-3-2-4-10(15)12(8)14/h2-4,9,11,16H,5-7,15H2,1H3/t9?,11-,13?/m0/s1. The van der Waals surface area contributed by atoms with Crippen LogP contribution in [0.3, 0.4) is 0 Å². The number of nitrogens with one attached hydrogen (secondary N) is 1. The average Bonchev–Trinajstić information content (AvgIpc) is 2.65. The van der Waals surface area contributed by atoms with Gasteiger partial charge >= 0.3 is 0 Å². The highest BCUT2D eigenvalue weighted by molar-refractivity contribution is 5.43. The highest BCUT2D eigenvalue weighted by atomic mass is 19.1. The van der Waals surface area contributed by atoms with E-state index in [1.165, 1.54) is 12.8 Å². The molecule has 86 valence electrons. The molecule has 4 rings (SSSR count). The van der Waals surface area contributed by atoms with Gasteiger partial charge < -0.3 is 11.1 Å². The van der Waals surface area contributed by atoms with Gasteiger partial charge in [0, 0.05) is 11.6 Å². The largest absolute Gasteiger partial charge is 0.396 e. The highest BCUT2D eigenvalue weighted by Crippen LogP contribution is 2.47. The second kappa shape index (κ2) is 3.20. The highest BCUT2D eigenvalue weighted by Gasteiger charge is 2.52. The predicted molar refractivity (Wildman–Crippen MR) is 62.6 cm³/mol. The normalized spacial score (nSPS) is 36.1. The summed E-state index contributed by atoms with van der Waals surface area (Å²) in [5, 5.41) is 3.59. The van der Waals surface area contributed by atoms with Crippen LogP contribution in [0, 0.1) is 11.7 Å². The second-order valence-corrected chi connectivity index (χ2v) is 5.50. The quantitative estimate of drug-likeness (QED) is 0.749. The van der Waals surface area contributed by atoms with Crippen LogP contribution in [0.2, 0.25) is 0 Å². The molecule has 2 bridgehead atoms. The lowest BCUT2D eigenvalue weighted by Crippen LogP contribution is -2.39. The smallest absolute Gasteiger partial charge is 0.149 e. The number of nitrogens with two attached hydrogens (primary N) is 1. The van der Waals surface area contributed by atoms with Crippen LogP contribution >= 0.6 is 0 Å². The van der Waals surface area contributed by atoms with Crippen molar-refractivity contribution in [2.75, 3.05) is 5.73 Å². The summed E-state index contributed by atoms with van der Waals surface area (Å²) in [6.07, 6.45) is 3.24. The van der Waals surface area contributed by atoms with Crippen molar-refractivity contribution in [3.05, 3.63) is 29.6 Å². The van der Waals surface area contributed by atoms with Gasteiger partial charge in [-0.15, -0.1) is 0 Å². The molecule has 1 saturated carbocycles. The fourth-order valence-electron chi connectivity index (χ4n) is 3.28. The molecule has 3 N–H and O–H groups in total. The lowest BCUT2D eigenvalue weighted by Gasteiger charge is -2.33. The Morgan fingerprint density at radius 1 is 1.50 bits per heavy atom. The minimum Gasteiger partial charge on any atom is -0.396 e. The number of rotatable bonds is 2. The first-order valence-electron chi connectivity index (χ1n) is 5.88. The Bertz CT molecular complexity index is 424. The van der Waals surface area contributed by atoms with Gasteiger partial charge in [0.05, 0.1) is 5.69 Å². The number of halogens is 1. The molecule has 0 radical (unpaired) electrons. The van der Waals surface area contributed by atoms with E-state index in [-0.39, 0.29) is 11.5 Å². The Kier molecular flexibility index (Phi) is 2.02. The van der Waals surface area contributed by atoms with Crippen molar-refractivity contribution in [1.29, 1.82) is 0 Å². The third-order valence-electron chi connectivity index (χ3n) is 4.08. The van der Waals surface area contributed by atoms with Crippen molar-refractivity contribution in [2.45, 2.75) is 37.8 Å². The van der Waals surface area contributed by atoms with Crippen molar-refractivity contribution >= 4 is 5.69 Å². The number of hydrogen-bond acceptors (Lipinski definition) is 2. The molecule has 16 heavy (non-hydrogen) atoms. The van der Waals surface area contributed by atoms with E-state index in [1.54, 1.807) is 6.07 Å². The second-order valence-electron chi connectivity index (χ2n) is 5.50. The SMILES string of the molecule is CC12CC(C1)[C@H](Cc1cccc(N)c1F)N2. The van der Waals surface area contributed by atoms with E-state index in [2.05, 4.69) is 12.2 Å². The maximum Gasteiger partial charge on any atom is 0.149 e. The molecule has 1 atom stereocenters. The number of benzene rings is 1. The molecular formula is C13H17FN2. The number of nitrogen functional groups attached to an aromatic ring is 1. The first-order chi connectivity index (χ1) is 7.57. The molecule has 1 aromatic rings. The van der Waals surface area contributed by atoms with Crippen LogP contribution < -0.4 is 11.1 Å². The summed E-state index contributed by atoms with van der Waals surface area (Å²) in [7, 11) is 0. The first-order valence-corrected chi connectivity index (χ1v) is 5.88. The van der Waals surface area contributed by atoms with Gasteiger partial charge in [-0.05, 0) is 43.7 Å². The van der Waals surface area contributed by atoms with Crippen molar-refractivity contribution in [1.82, 2.24) is 5.32 Å². The van der Waals surface area contributed by atoms with E-state index in [1.807, 2.05) is 12.1 Å². The Balaban J connectivity index is 1.78. The van der Waals surface area contributed by atoms with Crippen LogP contribution in [0.15, 0.2) is 18.2 Å². The fourth-order valence-corrected chi connectivity index (χ4v) is 3.28. The summed E-state index contributed by atoms with van der Waals surface area (Å²) < 4.78 is 13.7. The molecule has 3 heteroatoms. The summed E-state index contributed by atoms with van der Waals surface area (Å²) in [5.41, 5.74) is 6.90. The number of anilines is 1. The van der Waals surface area contributed by atoms with E-state index in [0.717, 1.165) is 17.9 Å². The Morgan fingerprint density at radius 3 is 2.88 bits per heavy atom. The molecule has 0 spiro atoms. The molecule has 1 aliphatic carbocycles. The van der Waals surface area contributed by atoms with Crippen molar-refractivity contribution in [2.24, 2.45) is 5.92 Å². The summed E-state index contributed by atoms with van der Waals surface area (Å²) >= 11 is 0. The molecule has 3 fully saturated rings. The Hall–Kier alpha value is -1.09. The van der Waals surface area contributed by atoms with Gasteiger partial charge in [0.1, 0.15) is 5.82 Å². The van der Waals surface area contributed by atoms with Crippen LogP contribution in [0.1, 0.15) is 25.3 Å². The fraction of sp³-hybridized carbons (Fsp3) is 0.538. The lowest BCUT2D eigenvalue weighted by atomic mass is 9.72. The van der Waals surface area contributed by atoms with E-state index in [9.17, 15) is 4.39 Å². The van der Waals surface area contributed by atoms with Crippen LogP contribution in [0.4, 0.5) is 10.1 Å². The zero-order valence-electron chi connectivity index (χ0n) is 9.46. The van der Waals surface area contributed by atoms with Gasteiger partial charge in [0.15, 0.2) is 0 Å². The van der Waals surface area contributed by atoms with E-state index in [0.29, 0.717) is 11.6 Å². The first kappa shape index (κ1) is 10.1. The molecule has 1 aromatic carbocycles. The lowest BCUT2D eigenvalue weighted by molar-refractivity contribution is 0.246. The van der Waals surface area contributed by atoms with Gasteiger partial charge in [0.2, 0.25) is 0 Å². The number of hydrogen-bond donors (Lipinski definition) is 2. The predicted octanol–water partition coefficient (Wildman–Crippen LogP) is 2.09. The summed E-state index contributed by atoms with van der Waals surface area (Å²) in [4.78, 5) is 0. The molecule has 2 nitrogen and oxygen atoms in total. The van der Waals surface area contributed by atoms with E-state index >= 15 is 0 Å². The average molecular weight is 220 g/mol. The third-order valence-corrected chi connectivity index (χ3v) is 4.08. The molecule has 2 aliphatic heterocycles. The summed E-state index contributed by atoms with van der Waals surface area (Å²) in [6, 6.07) is 5.71. The van der Waals surface area contributed by atoms with Crippen LogP contribution in [0.25, 0.3) is 0 Å². The molecular weight excluding hydrogens is 203 g/mol. The summed E-state index contributed by atoms with van der Waals surface area (Å²) in [5.74, 6) is 0.490. The zero-order valence-corrected chi connectivity index (χ0v) is 9.46. The maximum atomic E-state index is 13.7. The molecule has 0 amide bonds. The Labute approximate surface area is 95.0 Å². The minimum atomic E-state index is -0.237. The van der Waals surface area contributed by atoms with E-state index < -0.39 is 0 Å². The zero-order chi connectivity index (χ0) is 11.3. The molecule has 0 unspecified atom stereocenters. The molecule has 0 aromatic heterocycles. The third kappa shape index (κ3) is 1.42. The molecule has 3 aliphatic rings. The molecule has 2 saturated heterocycles. The van der Waals surface area contributed by atoms with Gasteiger partial charge in [-0.3, -0.25) is 0 Å².